The van der Waals surface area contributed by atoms with E-state index < -0.39 is 5.97 Å². The van der Waals surface area contributed by atoms with Crippen molar-refractivity contribution in [2.24, 2.45) is 7.05 Å². The highest BCUT2D eigenvalue weighted by Crippen LogP contribution is 2.22. The molecular formula is C12H13N3O2S. The average molecular weight is 263 g/mol. The molecule has 5 nitrogen and oxygen atoms in total. The molecule has 6 heteroatoms. The Labute approximate surface area is 109 Å². The molecule has 2 aromatic rings. The van der Waals surface area contributed by atoms with Crippen molar-refractivity contribution in [2.45, 2.75) is 17.1 Å². The topological polar surface area (TPSA) is 68.0 Å². The lowest BCUT2D eigenvalue weighted by molar-refractivity contribution is -0.136. The van der Waals surface area contributed by atoms with Crippen LogP contribution in [0.5, 0.6) is 0 Å². The van der Waals surface area contributed by atoms with Gasteiger partial charge in [0.15, 0.2) is 0 Å². The van der Waals surface area contributed by atoms with Crippen molar-refractivity contribution in [3.63, 3.8) is 0 Å². The van der Waals surface area contributed by atoms with Gasteiger partial charge >= 0.3 is 5.97 Å². The molecule has 1 N–H and O–H groups in total. The number of rotatable bonds is 5. The minimum absolute atomic E-state index is 0.0637. The molecule has 0 saturated carbocycles. The van der Waals surface area contributed by atoms with Gasteiger partial charge in [0, 0.05) is 11.9 Å². The first-order valence-corrected chi connectivity index (χ1v) is 6.40. The van der Waals surface area contributed by atoms with Crippen LogP contribution >= 0.6 is 11.8 Å². The Morgan fingerprint density at radius 1 is 1.39 bits per heavy atom. The number of aromatic nitrogens is 3. The van der Waals surface area contributed by atoms with Crippen molar-refractivity contribution < 1.29 is 9.90 Å². The van der Waals surface area contributed by atoms with E-state index in [1.165, 1.54) is 0 Å². The number of nitrogens with zero attached hydrogens (tertiary/aromatic N) is 3. The van der Waals surface area contributed by atoms with E-state index in [0.29, 0.717) is 0 Å². The zero-order chi connectivity index (χ0) is 13.0. The highest BCUT2D eigenvalue weighted by molar-refractivity contribution is 7.98. The van der Waals surface area contributed by atoms with Crippen LogP contribution in [0.4, 0.5) is 0 Å². The summed E-state index contributed by atoms with van der Waals surface area (Å²) in [4.78, 5) is 11.6. The molecule has 0 atom stereocenters. The summed E-state index contributed by atoms with van der Waals surface area (Å²) in [6, 6.07) is 7.54. The maximum atomic E-state index is 10.5. The van der Waals surface area contributed by atoms with E-state index in [0.717, 1.165) is 22.0 Å². The molecule has 1 heterocycles. The number of benzene rings is 1. The number of thioether (sulfide) groups is 1. The molecule has 94 valence electrons. The van der Waals surface area contributed by atoms with Crippen LogP contribution in [0.1, 0.15) is 11.4 Å². The SMILES string of the molecule is Cn1cnnc1CSc1ccc(CC(=O)O)cc1. The molecule has 0 saturated heterocycles. The number of carbonyl (C=O) groups is 1. The normalized spacial score (nSPS) is 10.5. The molecule has 0 unspecified atom stereocenters. The highest BCUT2D eigenvalue weighted by Gasteiger charge is 2.03. The van der Waals surface area contributed by atoms with Gasteiger partial charge in [0.2, 0.25) is 0 Å². The Balaban J connectivity index is 1.94. The van der Waals surface area contributed by atoms with E-state index in [-0.39, 0.29) is 6.42 Å². The maximum absolute atomic E-state index is 10.5. The van der Waals surface area contributed by atoms with Crippen LogP contribution in [-0.4, -0.2) is 25.8 Å². The predicted molar refractivity (Wildman–Crippen MR) is 68.3 cm³/mol. The summed E-state index contributed by atoms with van der Waals surface area (Å²) in [5, 5.41) is 16.5. The van der Waals surface area contributed by atoms with Crippen LogP contribution in [-0.2, 0) is 24.0 Å². The van der Waals surface area contributed by atoms with Crippen molar-refractivity contribution in [3.05, 3.63) is 42.0 Å². The smallest absolute Gasteiger partial charge is 0.307 e. The molecule has 0 amide bonds. The van der Waals surface area contributed by atoms with Gasteiger partial charge in [-0.1, -0.05) is 12.1 Å². The minimum Gasteiger partial charge on any atom is -0.481 e. The number of aliphatic carboxylic acids is 1. The fourth-order valence-corrected chi connectivity index (χ4v) is 2.35. The predicted octanol–water partition coefficient (Wildman–Crippen LogP) is 1.73. The van der Waals surface area contributed by atoms with Crippen LogP contribution in [0.15, 0.2) is 35.5 Å². The lowest BCUT2D eigenvalue weighted by Crippen LogP contribution is -1.99. The van der Waals surface area contributed by atoms with Crippen molar-refractivity contribution in [2.75, 3.05) is 0 Å². The Morgan fingerprint density at radius 2 is 2.11 bits per heavy atom. The van der Waals surface area contributed by atoms with E-state index >= 15 is 0 Å². The number of aryl methyl sites for hydroxylation is 1. The third-order valence-corrected chi connectivity index (χ3v) is 3.46. The van der Waals surface area contributed by atoms with Crippen LogP contribution in [0.2, 0.25) is 0 Å². The standard InChI is InChI=1S/C12H13N3O2S/c1-15-8-13-14-11(15)7-18-10-4-2-9(3-5-10)6-12(16)17/h2-5,8H,6-7H2,1H3,(H,16,17). The van der Waals surface area contributed by atoms with Crippen molar-refractivity contribution in [1.29, 1.82) is 0 Å². The summed E-state index contributed by atoms with van der Waals surface area (Å²) in [6.45, 7) is 0. The van der Waals surface area contributed by atoms with E-state index in [1.807, 2.05) is 35.9 Å². The molecule has 1 aromatic heterocycles. The summed E-state index contributed by atoms with van der Waals surface area (Å²) in [5.74, 6) is 0.846. The Kier molecular flexibility index (Phi) is 3.99. The van der Waals surface area contributed by atoms with E-state index in [2.05, 4.69) is 10.2 Å². The Bertz CT molecular complexity index is 537. The van der Waals surface area contributed by atoms with Gasteiger partial charge in [-0.15, -0.1) is 22.0 Å². The number of carboxylic acid groups (broad SMARTS) is 1. The second kappa shape index (κ2) is 5.68. The molecule has 0 fully saturated rings. The maximum Gasteiger partial charge on any atom is 0.307 e. The largest absolute Gasteiger partial charge is 0.481 e. The molecule has 0 spiro atoms. The second-order valence-corrected chi connectivity index (χ2v) is 4.91. The number of hydrogen-bond acceptors (Lipinski definition) is 4. The third kappa shape index (κ3) is 3.33. The van der Waals surface area contributed by atoms with Gasteiger partial charge < -0.3 is 9.67 Å². The quantitative estimate of drug-likeness (QED) is 0.832. The molecule has 0 aliphatic carbocycles. The van der Waals surface area contributed by atoms with Gasteiger partial charge in [-0.3, -0.25) is 4.79 Å². The Hall–Kier alpha value is -1.82. The van der Waals surface area contributed by atoms with Gasteiger partial charge in [0.25, 0.3) is 0 Å². The van der Waals surface area contributed by atoms with Crippen molar-refractivity contribution in [3.8, 4) is 0 Å². The summed E-state index contributed by atoms with van der Waals surface area (Å²) >= 11 is 1.65. The summed E-state index contributed by atoms with van der Waals surface area (Å²) in [6.07, 6.45) is 1.74. The fraction of sp³-hybridized carbons (Fsp3) is 0.250. The van der Waals surface area contributed by atoms with E-state index in [9.17, 15) is 4.79 Å². The third-order valence-electron chi connectivity index (χ3n) is 2.45. The van der Waals surface area contributed by atoms with Gasteiger partial charge in [0.1, 0.15) is 12.2 Å². The van der Waals surface area contributed by atoms with Crippen LogP contribution < -0.4 is 0 Å². The number of carboxylic acids is 1. The molecule has 1 aromatic carbocycles. The molecule has 0 radical (unpaired) electrons. The molecular weight excluding hydrogens is 250 g/mol. The zero-order valence-corrected chi connectivity index (χ0v) is 10.7. The number of hydrogen-bond donors (Lipinski definition) is 1. The van der Waals surface area contributed by atoms with Gasteiger partial charge in [-0.05, 0) is 17.7 Å². The van der Waals surface area contributed by atoms with Crippen molar-refractivity contribution in [1.82, 2.24) is 14.8 Å². The zero-order valence-electron chi connectivity index (χ0n) is 9.91. The first-order valence-electron chi connectivity index (χ1n) is 5.41. The monoisotopic (exact) mass is 263 g/mol. The Morgan fingerprint density at radius 3 is 2.67 bits per heavy atom. The summed E-state index contributed by atoms with van der Waals surface area (Å²) in [5.41, 5.74) is 0.811. The summed E-state index contributed by atoms with van der Waals surface area (Å²) < 4.78 is 1.88. The average Bonchev–Trinajstić information content (AvgIpc) is 2.73. The molecule has 0 aliphatic heterocycles. The van der Waals surface area contributed by atoms with Crippen LogP contribution in [0.25, 0.3) is 0 Å². The molecule has 0 aliphatic rings. The lowest BCUT2D eigenvalue weighted by atomic mass is 10.2. The van der Waals surface area contributed by atoms with Crippen LogP contribution in [0, 0.1) is 0 Å². The first-order chi connectivity index (χ1) is 8.65. The van der Waals surface area contributed by atoms with Gasteiger partial charge in [-0.25, -0.2) is 0 Å². The van der Waals surface area contributed by atoms with Crippen molar-refractivity contribution >= 4 is 17.7 Å². The first kappa shape index (κ1) is 12.6. The minimum atomic E-state index is -0.811. The van der Waals surface area contributed by atoms with Gasteiger partial charge in [0.05, 0.1) is 12.2 Å². The van der Waals surface area contributed by atoms with E-state index in [1.54, 1.807) is 18.1 Å². The fourth-order valence-electron chi connectivity index (χ4n) is 1.46. The second-order valence-electron chi connectivity index (χ2n) is 3.86. The molecule has 2 rings (SSSR count). The van der Waals surface area contributed by atoms with Gasteiger partial charge in [-0.2, -0.15) is 0 Å². The highest BCUT2D eigenvalue weighted by atomic mass is 32.2. The molecule has 18 heavy (non-hydrogen) atoms. The molecule has 0 bridgehead atoms. The lowest BCUT2D eigenvalue weighted by Gasteiger charge is -2.02. The summed E-state index contributed by atoms with van der Waals surface area (Å²) in [7, 11) is 1.91. The van der Waals surface area contributed by atoms with E-state index in [4.69, 9.17) is 5.11 Å². The van der Waals surface area contributed by atoms with Crippen LogP contribution in [0.3, 0.4) is 0 Å².